The Balaban J connectivity index is 1.52. The first-order chi connectivity index (χ1) is 19.8. The predicted octanol–water partition coefficient (Wildman–Crippen LogP) is 8.70. The Labute approximate surface area is 260 Å². The van der Waals surface area contributed by atoms with Crippen LogP contribution in [0.2, 0.25) is 10.0 Å². The molecule has 2 unspecified atom stereocenters. The van der Waals surface area contributed by atoms with Crippen molar-refractivity contribution in [1.29, 1.82) is 0 Å². The van der Waals surface area contributed by atoms with E-state index >= 15 is 0 Å². The van der Waals surface area contributed by atoms with Crippen molar-refractivity contribution in [3.8, 4) is 0 Å². The first-order valence-electron chi connectivity index (χ1n) is 12.2. The zero-order valence-electron chi connectivity index (χ0n) is 21.6. The average molecular weight is 686 g/mol. The quantitative estimate of drug-likeness (QED) is 0.142. The molecular formula is C28H18Cl4F6N2O3. The predicted molar refractivity (Wildman–Crippen MR) is 151 cm³/mol. The molecule has 1 saturated carbocycles. The fourth-order valence-corrected chi connectivity index (χ4v) is 5.70. The van der Waals surface area contributed by atoms with Crippen LogP contribution in [-0.4, -0.2) is 28.1 Å². The van der Waals surface area contributed by atoms with Crippen molar-refractivity contribution in [1.82, 2.24) is 0 Å². The molecule has 2 amide bonds. The fourth-order valence-electron chi connectivity index (χ4n) is 4.46. The van der Waals surface area contributed by atoms with Gasteiger partial charge in [-0.3, -0.25) is 14.4 Å². The molecule has 3 aromatic rings. The Morgan fingerprint density at radius 3 is 2.16 bits per heavy atom. The second kappa shape index (κ2) is 11.8. The Kier molecular flexibility index (Phi) is 9.06. The van der Waals surface area contributed by atoms with E-state index in [0.29, 0.717) is 12.5 Å². The molecule has 2 atom stereocenters. The largest absolute Gasteiger partial charge is 0.471 e. The summed E-state index contributed by atoms with van der Waals surface area (Å²) in [5, 5.41) is 3.78. The van der Waals surface area contributed by atoms with Gasteiger partial charge in [0.25, 0.3) is 5.92 Å². The van der Waals surface area contributed by atoms with E-state index in [4.69, 9.17) is 46.4 Å². The Morgan fingerprint density at radius 1 is 0.884 bits per heavy atom. The third-order valence-electron chi connectivity index (χ3n) is 6.60. The summed E-state index contributed by atoms with van der Waals surface area (Å²) >= 11 is 24.7. The summed E-state index contributed by atoms with van der Waals surface area (Å²) in [5.41, 5.74) is -1.26. The zero-order chi connectivity index (χ0) is 32.1. The molecule has 0 heterocycles. The van der Waals surface area contributed by atoms with Crippen molar-refractivity contribution >= 4 is 75.4 Å². The van der Waals surface area contributed by atoms with Crippen LogP contribution in [0.3, 0.4) is 0 Å². The van der Waals surface area contributed by atoms with Crippen LogP contribution in [0.1, 0.15) is 39.9 Å². The van der Waals surface area contributed by atoms with Gasteiger partial charge < -0.3 is 10.6 Å². The molecule has 228 valence electrons. The second-order valence-electron chi connectivity index (χ2n) is 9.81. The lowest BCUT2D eigenvalue weighted by molar-refractivity contribution is -0.167. The van der Waals surface area contributed by atoms with Crippen molar-refractivity contribution in [2.75, 3.05) is 10.6 Å². The molecule has 15 heteroatoms. The van der Waals surface area contributed by atoms with Gasteiger partial charge in [-0.2, -0.15) is 13.2 Å². The maximum Gasteiger partial charge on any atom is 0.471 e. The van der Waals surface area contributed by atoms with Crippen molar-refractivity contribution in [2.24, 2.45) is 5.92 Å². The molecular weight excluding hydrogens is 668 g/mol. The minimum absolute atomic E-state index is 0.00937. The number of benzene rings is 3. The molecule has 2 N–H and O–H groups in total. The minimum Gasteiger partial charge on any atom is -0.326 e. The van der Waals surface area contributed by atoms with Crippen molar-refractivity contribution in [3.05, 3.63) is 92.7 Å². The second-order valence-corrected chi connectivity index (χ2v) is 12.1. The van der Waals surface area contributed by atoms with Gasteiger partial charge >= 0.3 is 12.1 Å². The van der Waals surface area contributed by atoms with E-state index in [1.807, 2.05) is 0 Å². The highest BCUT2D eigenvalue weighted by Crippen LogP contribution is 2.65. The summed E-state index contributed by atoms with van der Waals surface area (Å²) in [4.78, 5) is 37.4. The van der Waals surface area contributed by atoms with Crippen LogP contribution in [0.5, 0.6) is 0 Å². The normalized spacial score (nSPS) is 17.7. The number of halogens is 10. The van der Waals surface area contributed by atoms with Gasteiger partial charge in [-0.1, -0.05) is 35.3 Å². The maximum atomic E-state index is 14.2. The van der Waals surface area contributed by atoms with E-state index in [2.05, 4.69) is 5.32 Å². The van der Waals surface area contributed by atoms with Crippen LogP contribution in [0, 0.1) is 11.7 Å². The van der Waals surface area contributed by atoms with Crippen molar-refractivity contribution in [2.45, 2.75) is 35.7 Å². The first-order valence-corrected chi connectivity index (χ1v) is 13.7. The molecule has 3 aromatic carbocycles. The Hall–Kier alpha value is -2.99. The molecule has 4 rings (SSSR count). The number of hydrogen-bond acceptors (Lipinski definition) is 3. The van der Waals surface area contributed by atoms with Gasteiger partial charge in [0.2, 0.25) is 5.91 Å². The van der Waals surface area contributed by atoms with Crippen molar-refractivity contribution in [3.63, 3.8) is 0 Å². The number of rotatable bonds is 8. The third kappa shape index (κ3) is 7.22. The van der Waals surface area contributed by atoms with Crippen LogP contribution in [-0.2, 0) is 21.9 Å². The molecule has 1 aliphatic rings. The Morgan fingerprint density at radius 2 is 1.56 bits per heavy atom. The average Bonchev–Trinajstić information content (AvgIpc) is 3.48. The minimum atomic E-state index is -5.31. The molecule has 0 bridgehead atoms. The van der Waals surface area contributed by atoms with E-state index in [1.54, 1.807) is 0 Å². The highest BCUT2D eigenvalue weighted by Gasteiger charge is 2.67. The van der Waals surface area contributed by atoms with Gasteiger partial charge in [0.15, 0.2) is 5.78 Å². The fraction of sp³-hybridized carbons (Fsp3) is 0.250. The standard InChI is InChI=1S/C28H18Cl4F6N2O3/c1-26(34,35)16-8-12(2-7-20(16)40-25(43)28(36,37)38)9-21(41)15-11-14(4-5-17(15)29)39-24(42)23-22(27(23,31)32)13-3-6-19(33)18(30)10-13/h2-8,10-11,22-23H,9H2,1H3,(H,39,42)(H,40,43). The van der Waals surface area contributed by atoms with Gasteiger partial charge in [-0.25, -0.2) is 13.2 Å². The van der Waals surface area contributed by atoms with E-state index in [1.165, 1.54) is 35.6 Å². The highest BCUT2D eigenvalue weighted by atomic mass is 35.5. The van der Waals surface area contributed by atoms with E-state index < -0.39 is 69.4 Å². The van der Waals surface area contributed by atoms with Gasteiger partial charge in [-0.05, 0) is 53.6 Å². The van der Waals surface area contributed by atoms with Gasteiger partial charge in [0.05, 0.1) is 21.7 Å². The van der Waals surface area contributed by atoms with Crippen LogP contribution >= 0.6 is 46.4 Å². The summed E-state index contributed by atoms with van der Waals surface area (Å²) in [6.07, 6.45) is -5.81. The van der Waals surface area contributed by atoms with Crippen LogP contribution in [0.4, 0.5) is 37.7 Å². The molecule has 0 saturated heterocycles. The number of anilines is 2. The highest BCUT2D eigenvalue weighted by molar-refractivity contribution is 6.53. The summed E-state index contributed by atoms with van der Waals surface area (Å²) < 4.78 is 78.4. The number of carbonyl (C=O) groups is 3. The number of alkyl halides is 7. The number of amides is 2. The van der Waals surface area contributed by atoms with Crippen LogP contribution in [0.25, 0.3) is 0 Å². The van der Waals surface area contributed by atoms with Gasteiger partial charge in [0, 0.05) is 36.1 Å². The monoisotopic (exact) mass is 684 g/mol. The van der Waals surface area contributed by atoms with Gasteiger partial charge in [-0.15, -0.1) is 23.2 Å². The third-order valence-corrected chi connectivity index (χ3v) is 8.16. The number of hydrogen-bond donors (Lipinski definition) is 2. The lowest BCUT2D eigenvalue weighted by Gasteiger charge is -2.18. The summed E-state index contributed by atoms with van der Waals surface area (Å²) in [6, 6.07) is 10.5. The van der Waals surface area contributed by atoms with E-state index in [-0.39, 0.29) is 26.9 Å². The molecule has 1 fully saturated rings. The maximum absolute atomic E-state index is 14.2. The molecule has 0 spiro atoms. The molecule has 0 radical (unpaired) electrons. The summed E-state index contributed by atoms with van der Waals surface area (Å²) in [6.45, 7) is 0.422. The van der Waals surface area contributed by atoms with E-state index in [9.17, 15) is 40.7 Å². The smallest absolute Gasteiger partial charge is 0.326 e. The number of Topliss-reactive ketones (excluding diaryl/α,β-unsaturated/α-hetero) is 1. The molecule has 5 nitrogen and oxygen atoms in total. The van der Waals surface area contributed by atoms with Crippen LogP contribution < -0.4 is 10.6 Å². The summed E-state index contributed by atoms with van der Waals surface area (Å²) in [5.74, 6) is -9.74. The van der Waals surface area contributed by atoms with E-state index in [0.717, 1.165) is 24.3 Å². The lowest BCUT2D eigenvalue weighted by atomic mass is 9.98. The topological polar surface area (TPSA) is 75.3 Å². The van der Waals surface area contributed by atoms with Crippen LogP contribution in [0.15, 0.2) is 54.6 Å². The SMILES string of the molecule is CC(F)(F)c1cc(CC(=O)c2cc(NC(=O)C3C(c4ccc(F)c(Cl)c4)C3(Cl)Cl)ccc2Cl)ccc1NC(=O)C(F)(F)F. The first kappa shape index (κ1) is 32.9. The molecule has 43 heavy (non-hydrogen) atoms. The molecule has 1 aliphatic carbocycles. The number of ketones is 1. The van der Waals surface area contributed by atoms with Gasteiger partial charge in [0.1, 0.15) is 10.2 Å². The Bertz CT molecular complexity index is 1620. The molecule has 0 aromatic heterocycles. The number of carbonyl (C=O) groups excluding carboxylic acids is 3. The number of nitrogens with one attached hydrogen (secondary N) is 2. The van der Waals surface area contributed by atoms with Crippen molar-refractivity contribution < 1.29 is 40.7 Å². The molecule has 0 aliphatic heterocycles. The lowest BCUT2D eigenvalue weighted by Crippen LogP contribution is -2.31. The summed E-state index contributed by atoms with van der Waals surface area (Å²) in [7, 11) is 0. The zero-order valence-corrected chi connectivity index (χ0v) is 24.6.